The number of hydrogen-bond acceptors (Lipinski definition) is 2. The molecule has 0 aromatic carbocycles. The number of nitrogens with zero attached hydrogens (tertiary/aromatic N) is 1. The summed E-state index contributed by atoms with van der Waals surface area (Å²) in [5.41, 5.74) is 2.30. The highest BCUT2D eigenvalue weighted by Gasteiger charge is 2.25. The van der Waals surface area contributed by atoms with Crippen LogP contribution < -0.4 is 0 Å². The van der Waals surface area contributed by atoms with E-state index < -0.39 is 0 Å². The minimum absolute atomic E-state index is 0.106. The smallest absolute Gasteiger partial charge is 0.186 e. The minimum atomic E-state index is -0.354. The Bertz CT molecular complexity index is 361. The molecule has 0 amide bonds. The van der Waals surface area contributed by atoms with Crippen LogP contribution in [0.4, 0.5) is 0 Å². The van der Waals surface area contributed by atoms with Gasteiger partial charge in [-0.3, -0.25) is 9.78 Å². The Morgan fingerprint density at radius 1 is 1.29 bits per heavy atom. The number of ketones is 1. The first kappa shape index (κ1) is 10.9. The first-order valence-electron chi connectivity index (χ1n) is 4.80. The van der Waals surface area contributed by atoms with Crippen molar-refractivity contribution in [3.63, 3.8) is 0 Å². The van der Waals surface area contributed by atoms with E-state index in [-0.39, 0.29) is 11.2 Å². The third-order valence-corrected chi connectivity index (χ3v) is 2.11. The maximum atomic E-state index is 11.9. The molecule has 76 valence electrons. The van der Waals surface area contributed by atoms with Gasteiger partial charge in [0.25, 0.3) is 0 Å². The lowest BCUT2D eigenvalue weighted by Gasteiger charge is -2.17. The van der Waals surface area contributed by atoms with Crippen LogP contribution in [0, 0.1) is 19.3 Å². The van der Waals surface area contributed by atoms with Crippen LogP contribution in [0.2, 0.25) is 0 Å². The zero-order valence-electron chi connectivity index (χ0n) is 9.51. The molecule has 0 radical (unpaired) electrons. The van der Waals surface area contributed by atoms with Gasteiger partial charge in [-0.05, 0) is 25.0 Å². The predicted molar refractivity (Wildman–Crippen MR) is 57.5 cm³/mol. The molecule has 1 heterocycles. The average Bonchev–Trinajstić information content (AvgIpc) is 2.01. The number of Topliss-reactive ketones (excluding diaryl/α,β-unsaturated/α-hetero) is 1. The molecule has 2 nitrogen and oxygen atoms in total. The van der Waals surface area contributed by atoms with Crippen molar-refractivity contribution < 1.29 is 4.79 Å². The highest BCUT2D eigenvalue weighted by Crippen LogP contribution is 2.21. The van der Waals surface area contributed by atoms with Crippen molar-refractivity contribution in [2.45, 2.75) is 34.6 Å². The molecule has 0 aliphatic carbocycles. The van der Waals surface area contributed by atoms with E-state index in [1.54, 1.807) is 6.20 Å². The van der Waals surface area contributed by atoms with Gasteiger partial charge in [-0.15, -0.1) is 0 Å². The number of rotatable bonds is 1. The van der Waals surface area contributed by atoms with Crippen LogP contribution in [0.5, 0.6) is 0 Å². The van der Waals surface area contributed by atoms with Gasteiger partial charge in [0.2, 0.25) is 0 Å². The molecule has 0 aliphatic rings. The Hall–Kier alpha value is -1.18. The Labute approximate surface area is 85.4 Å². The van der Waals surface area contributed by atoms with Crippen LogP contribution in [0.25, 0.3) is 0 Å². The van der Waals surface area contributed by atoms with Crippen LogP contribution in [-0.4, -0.2) is 10.8 Å². The van der Waals surface area contributed by atoms with Crippen molar-refractivity contribution in [1.82, 2.24) is 4.98 Å². The highest BCUT2D eigenvalue weighted by atomic mass is 16.1. The number of carbonyl (C=O) groups is 1. The molecule has 0 N–H and O–H groups in total. The molecule has 2 heteroatoms. The number of carbonyl (C=O) groups excluding carboxylic acids is 1. The second-order valence-corrected chi connectivity index (χ2v) is 4.76. The lowest BCUT2D eigenvalue weighted by molar-refractivity contribution is 0.0852. The van der Waals surface area contributed by atoms with Crippen molar-refractivity contribution in [2.24, 2.45) is 5.41 Å². The van der Waals surface area contributed by atoms with Gasteiger partial charge in [-0.25, -0.2) is 0 Å². The van der Waals surface area contributed by atoms with E-state index in [9.17, 15) is 4.79 Å². The third kappa shape index (κ3) is 2.19. The molecule has 0 bridgehead atoms. The lowest BCUT2D eigenvalue weighted by atomic mass is 9.87. The Morgan fingerprint density at radius 3 is 2.29 bits per heavy atom. The largest absolute Gasteiger partial charge is 0.292 e. The summed E-state index contributed by atoms with van der Waals surface area (Å²) in [4.78, 5) is 16.1. The number of pyridine rings is 1. The molecule has 0 fully saturated rings. The van der Waals surface area contributed by atoms with E-state index >= 15 is 0 Å². The van der Waals surface area contributed by atoms with E-state index in [0.29, 0.717) is 5.69 Å². The SMILES string of the molecule is Cc1cnc(C(=O)C(C)(C)C)c(C)c1. The van der Waals surface area contributed by atoms with Gasteiger partial charge in [0, 0.05) is 11.6 Å². The second kappa shape index (κ2) is 3.52. The lowest BCUT2D eigenvalue weighted by Crippen LogP contribution is -2.22. The summed E-state index contributed by atoms with van der Waals surface area (Å²) in [5, 5.41) is 0. The van der Waals surface area contributed by atoms with Crippen LogP contribution in [0.1, 0.15) is 42.4 Å². The summed E-state index contributed by atoms with van der Waals surface area (Å²) < 4.78 is 0. The fraction of sp³-hybridized carbons (Fsp3) is 0.500. The molecule has 1 aromatic rings. The Balaban J connectivity index is 3.15. The van der Waals surface area contributed by atoms with Crippen molar-refractivity contribution in [3.8, 4) is 0 Å². The molecule has 0 saturated heterocycles. The van der Waals surface area contributed by atoms with Gasteiger partial charge in [-0.2, -0.15) is 0 Å². The maximum Gasteiger partial charge on any atom is 0.186 e. The molecule has 1 aromatic heterocycles. The van der Waals surface area contributed by atoms with E-state index in [0.717, 1.165) is 11.1 Å². The zero-order chi connectivity index (χ0) is 10.9. The molecule has 14 heavy (non-hydrogen) atoms. The zero-order valence-corrected chi connectivity index (χ0v) is 9.51. The predicted octanol–water partition coefficient (Wildman–Crippen LogP) is 2.93. The first-order chi connectivity index (χ1) is 6.32. The van der Waals surface area contributed by atoms with E-state index in [2.05, 4.69) is 4.98 Å². The van der Waals surface area contributed by atoms with Gasteiger partial charge in [0.05, 0.1) is 0 Å². The van der Waals surface area contributed by atoms with Gasteiger partial charge in [0.1, 0.15) is 5.69 Å². The number of aromatic nitrogens is 1. The molecule has 0 unspecified atom stereocenters. The van der Waals surface area contributed by atoms with Crippen molar-refractivity contribution >= 4 is 5.78 Å². The Morgan fingerprint density at radius 2 is 1.86 bits per heavy atom. The third-order valence-electron chi connectivity index (χ3n) is 2.11. The molecule has 1 rings (SSSR count). The number of hydrogen-bond donors (Lipinski definition) is 0. The van der Waals surface area contributed by atoms with E-state index in [1.807, 2.05) is 40.7 Å². The van der Waals surface area contributed by atoms with Gasteiger partial charge >= 0.3 is 0 Å². The van der Waals surface area contributed by atoms with Crippen LogP contribution >= 0.6 is 0 Å². The second-order valence-electron chi connectivity index (χ2n) is 4.76. The van der Waals surface area contributed by atoms with Crippen LogP contribution in [0.15, 0.2) is 12.3 Å². The normalized spacial score (nSPS) is 11.5. The van der Waals surface area contributed by atoms with Gasteiger partial charge in [0.15, 0.2) is 5.78 Å². The molecule has 0 saturated carbocycles. The standard InChI is InChI=1S/C12H17NO/c1-8-6-9(2)10(13-7-8)11(14)12(3,4)5/h6-7H,1-5H3. The summed E-state index contributed by atoms with van der Waals surface area (Å²) in [6.45, 7) is 9.65. The van der Waals surface area contributed by atoms with Crippen molar-refractivity contribution in [1.29, 1.82) is 0 Å². The van der Waals surface area contributed by atoms with Crippen molar-refractivity contribution in [3.05, 3.63) is 29.1 Å². The van der Waals surface area contributed by atoms with E-state index in [4.69, 9.17) is 0 Å². The molecule has 0 spiro atoms. The maximum absolute atomic E-state index is 11.9. The van der Waals surface area contributed by atoms with Crippen LogP contribution in [-0.2, 0) is 0 Å². The quantitative estimate of drug-likeness (QED) is 0.639. The minimum Gasteiger partial charge on any atom is -0.292 e. The fourth-order valence-electron chi connectivity index (χ4n) is 1.31. The first-order valence-corrected chi connectivity index (χ1v) is 4.80. The summed E-state index contributed by atoms with van der Waals surface area (Å²) in [5.74, 6) is 0.106. The summed E-state index contributed by atoms with van der Waals surface area (Å²) >= 11 is 0. The monoisotopic (exact) mass is 191 g/mol. The molecular weight excluding hydrogens is 174 g/mol. The molecule has 0 aliphatic heterocycles. The van der Waals surface area contributed by atoms with E-state index in [1.165, 1.54) is 0 Å². The van der Waals surface area contributed by atoms with Gasteiger partial charge in [-0.1, -0.05) is 26.8 Å². The fourth-order valence-corrected chi connectivity index (χ4v) is 1.31. The van der Waals surface area contributed by atoms with Crippen LogP contribution in [0.3, 0.4) is 0 Å². The average molecular weight is 191 g/mol. The topological polar surface area (TPSA) is 30.0 Å². The van der Waals surface area contributed by atoms with Crippen molar-refractivity contribution in [2.75, 3.05) is 0 Å². The Kier molecular flexibility index (Phi) is 2.74. The highest BCUT2D eigenvalue weighted by molar-refractivity contribution is 5.99. The molecular formula is C12H17NO. The summed E-state index contributed by atoms with van der Waals surface area (Å²) in [6, 6.07) is 1.99. The number of aryl methyl sites for hydroxylation is 2. The summed E-state index contributed by atoms with van der Waals surface area (Å²) in [6.07, 6.45) is 1.74. The van der Waals surface area contributed by atoms with Gasteiger partial charge < -0.3 is 0 Å². The summed E-state index contributed by atoms with van der Waals surface area (Å²) in [7, 11) is 0. The molecule has 0 atom stereocenters.